The number of halogens is 1. The van der Waals surface area contributed by atoms with Crippen LogP contribution in [0.4, 0.5) is 4.39 Å². The Kier molecular flexibility index (Phi) is 4.17. The lowest BCUT2D eigenvalue weighted by atomic mass is 10.1. The highest BCUT2D eigenvalue weighted by Gasteiger charge is 2.27. The van der Waals surface area contributed by atoms with Crippen molar-refractivity contribution >= 4 is 5.97 Å². The zero-order chi connectivity index (χ0) is 9.78. The second kappa shape index (κ2) is 4.40. The van der Waals surface area contributed by atoms with Crippen molar-refractivity contribution in [3.8, 4) is 0 Å². The van der Waals surface area contributed by atoms with Crippen LogP contribution in [0.15, 0.2) is 0 Å². The number of aliphatic carboxylic acids is 1. The molecule has 1 unspecified atom stereocenters. The summed E-state index contributed by atoms with van der Waals surface area (Å²) in [7, 11) is 0. The number of carbonyl (C=O) groups is 1. The Morgan fingerprint density at radius 1 is 1.67 bits per heavy atom. The minimum atomic E-state index is -1.77. The van der Waals surface area contributed by atoms with Crippen molar-refractivity contribution in [1.29, 1.82) is 0 Å². The van der Waals surface area contributed by atoms with Crippen molar-refractivity contribution in [3.05, 3.63) is 0 Å². The highest BCUT2D eigenvalue weighted by molar-refractivity contribution is 5.68. The van der Waals surface area contributed by atoms with Gasteiger partial charge in [-0.3, -0.25) is 4.79 Å². The molecule has 0 aliphatic carbocycles. The van der Waals surface area contributed by atoms with Gasteiger partial charge < -0.3 is 9.84 Å². The molecule has 0 aromatic rings. The van der Waals surface area contributed by atoms with Crippen LogP contribution in [0.2, 0.25) is 0 Å². The van der Waals surface area contributed by atoms with E-state index < -0.39 is 18.1 Å². The van der Waals surface area contributed by atoms with E-state index in [1.54, 1.807) is 13.8 Å². The molecule has 0 aliphatic rings. The summed E-state index contributed by atoms with van der Waals surface area (Å²) >= 11 is 0. The predicted molar refractivity (Wildman–Crippen MR) is 42.9 cm³/mol. The first-order valence-electron chi connectivity index (χ1n) is 3.86. The number of carboxylic acids is 1. The lowest BCUT2D eigenvalue weighted by Crippen LogP contribution is -2.30. The molecule has 0 amide bonds. The van der Waals surface area contributed by atoms with Crippen molar-refractivity contribution in [1.82, 2.24) is 0 Å². The molecule has 0 fully saturated rings. The Hall–Kier alpha value is -0.640. The molecule has 0 bridgehead atoms. The Bertz CT molecular complexity index is 154. The second-order valence-electron chi connectivity index (χ2n) is 3.34. The van der Waals surface area contributed by atoms with E-state index in [2.05, 4.69) is 0 Å². The largest absolute Gasteiger partial charge is 0.481 e. The molecule has 12 heavy (non-hydrogen) atoms. The van der Waals surface area contributed by atoms with Gasteiger partial charge in [-0.25, -0.2) is 4.39 Å². The monoisotopic (exact) mass is 178 g/mol. The van der Waals surface area contributed by atoms with Gasteiger partial charge in [-0.05, 0) is 20.8 Å². The summed E-state index contributed by atoms with van der Waals surface area (Å²) in [5.74, 6) is -1.15. The van der Waals surface area contributed by atoms with Crippen LogP contribution in [0.25, 0.3) is 0 Å². The van der Waals surface area contributed by atoms with Crippen LogP contribution in [-0.2, 0) is 9.53 Å². The molecule has 1 N–H and O–H groups in total. The zero-order valence-corrected chi connectivity index (χ0v) is 7.63. The fraction of sp³-hybridized carbons (Fsp3) is 0.875. The number of alkyl halides is 1. The average Bonchev–Trinajstić information content (AvgIpc) is 1.81. The van der Waals surface area contributed by atoms with Crippen LogP contribution >= 0.6 is 0 Å². The Morgan fingerprint density at radius 2 is 2.17 bits per heavy atom. The van der Waals surface area contributed by atoms with Gasteiger partial charge in [-0.1, -0.05) is 0 Å². The van der Waals surface area contributed by atoms with E-state index in [-0.39, 0.29) is 12.7 Å². The van der Waals surface area contributed by atoms with E-state index in [0.29, 0.717) is 0 Å². The first-order chi connectivity index (χ1) is 5.33. The minimum absolute atomic E-state index is 0.0751. The number of carboxylic acid groups (broad SMARTS) is 1. The smallest absolute Gasteiger partial charge is 0.306 e. The van der Waals surface area contributed by atoms with Gasteiger partial charge in [0.25, 0.3) is 0 Å². The van der Waals surface area contributed by atoms with E-state index >= 15 is 0 Å². The maximum absolute atomic E-state index is 13.2. The molecule has 72 valence electrons. The molecule has 0 aromatic carbocycles. The van der Waals surface area contributed by atoms with E-state index in [1.165, 1.54) is 6.92 Å². The molecule has 4 heteroatoms. The Balaban J connectivity index is 3.78. The fourth-order valence-corrected chi connectivity index (χ4v) is 0.707. The van der Waals surface area contributed by atoms with Gasteiger partial charge in [0.2, 0.25) is 0 Å². The SMILES string of the molecule is CC(C)OCC(C)(F)CC(=O)O. The molecule has 0 heterocycles. The quantitative estimate of drug-likeness (QED) is 0.695. The first-order valence-corrected chi connectivity index (χ1v) is 3.86. The van der Waals surface area contributed by atoms with Crippen molar-refractivity contribution in [3.63, 3.8) is 0 Å². The molecule has 0 rings (SSSR count). The lowest BCUT2D eigenvalue weighted by molar-refractivity contribution is -0.141. The van der Waals surface area contributed by atoms with Gasteiger partial charge in [-0.2, -0.15) is 0 Å². The highest BCUT2D eigenvalue weighted by Crippen LogP contribution is 2.16. The van der Waals surface area contributed by atoms with E-state index in [9.17, 15) is 9.18 Å². The van der Waals surface area contributed by atoms with Gasteiger partial charge in [0.05, 0.1) is 19.1 Å². The summed E-state index contributed by atoms with van der Waals surface area (Å²) < 4.78 is 18.2. The van der Waals surface area contributed by atoms with E-state index in [1.807, 2.05) is 0 Å². The molecule has 0 saturated carbocycles. The van der Waals surface area contributed by atoms with Crippen LogP contribution in [0.1, 0.15) is 27.2 Å². The third-order valence-corrected chi connectivity index (χ3v) is 1.24. The highest BCUT2D eigenvalue weighted by atomic mass is 19.1. The van der Waals surface area contributed by atoms with Crippen LogP contribution in [-0.4, -0.2) is 29.5 Å². The van der Waals surface area contributed by atoms with Crippen molar-refractivity contribution < 1.29 is 19.0 Å². The van der Waals surface area contributed by atoms with Crippen molar-refractivity contribution in [2.24, 2.45) is 0 Å². The predicted octanol–water partition coefficient (Wildman–Crippen LogP) is 1.61. The summed E-state index contributed by atoms with van der Waals surface area (Å²) in [6.07, 6.45) is -0.589. The van der Waals surface area contributed by atoms with Gasteiger partial charge in [0.15, 0.2) is 0 Å². The maximum Gasteiger partial charge on any atom is 0.306 e. The number of hydrogen-bond donors (Lipinski definition) is 1. The average molecular weight is 178 g/mol. The summed E-state index contributed by atoms with van der Waals surface area (Å²) in [6, 6.07) is 0. The number of hydrogen-bond acceptors (Lipinski definition) is 2. The topological polar surface area (TPSA) is 46.5 Å². The lowest BCUT2D eigenvalue weighted by Gasteiger charge is -2.19. The summed E-state index contributed by atoms with van der Waals surface area (Å²) in [5, 5.41) is 8.32. The van der Waals surface area contributed by atoms with Crippen LogP contribution in [0.3, 0.4) is 0 Å². The van der Waals surface area contributed by atoms with Crippen molar-refractivity contribution in [2.75, 3.05) is 6.61 Å². The molecule has 0 aliphatic heterocycles. The number of ether oxygens (including phenoxy) is 1. The number of rotatable bonds is 5. The van der Waals surface area contributed by atoms with Crippen molar-refractivity contribution in [2.45, 2.75) is 39.0 Å². The van der Waals surface area contributed by atoms with Gasteiger partial charge in [0, 0.05) is 0 Å². The Morgan fingerprint density at radius 3 is 2.50 bits per heavy atom. The molecule has 0 spiro atoms. The van der Waals surface area contributed by atoms with E-state index in [0.717, 1.165) is 0 Å². The summed E-state index contributed by atoms with van der Waals surface area (Å²) in [6.45, 7) is 4.61. The maximum atomic E-state index is 13.2. The summed E-state index contributed by atoms with van der Waals surface area (Å²) in [5.41, 5.74) is -1.77. The second-order valence-corrected chi connectivity index (χ2v) is 3.34. The third kappa shape index (κ3) is 6.09. The molecule has 0 radical (unpaired) electrons. The van der Waals surface area contributed by atoms with Gasteiger partial charge >= 0.3 is 5.97 Å². The van der Waals surface area contributed by atoms with Gasteiger partial charge in [0.1, 0.15) is 5.67 Å². The fourth-order valence-electron chi connectivity index (χ4n) is 0.707. The van der Waals surface area contributed by atoms with Gasteiger partial charge in [-0.15, -0.1) is 0 Å². The standard InChI is InChI=1S/C8H15FO3/c1-6(2)12-5-8(3,9)4-7(10)11/h6H,4-5H2,1-3H3,(H,10,11). The molecular formula is C8H15FO3. The molecule has 0 saturated heterocycles. The Labute approximate surface area is 71.5 Å². The molecule has 3 nitrogen and oxygen atoms in total. The molecule has 1 atom stereocenters. The van der Waals surface area contributed by atoms with Crippen LogP contribution in [0.5, 0.6) is 0 Å². The van der Waals surface area contributed by atoms with Crippen LogP contribution in [0, 0.1) is 0 Å². The third-order valence-electron chi connectivity index (χ3n) is 1.24. The summed E-state index contributed by atoms with van der Waals surface area (Å²) in [4.78, 5) is 10.2. The normalized spacial score (nSPS) is 16.1. The minimum Gasteiger partial charge on any atom is -0.481 e. The van der Waals surface area contributed by atoms with E-state index in [4.69, 9.17) is 9.84 Å². The van der Waals surface area contributed by atoms with Crippen LogP contribution < -0.4 is 0 Å². The zero-order valence-electron chi connectivity index (χ0n) is 7.63. The molecule has 0 aromatic heterocycles. The molecular weight excluding hydrogens is 163 g/mol. The first kappa shape index (κ1) is 11.4.